The van der Waals surface area contributed by atoms with Gasteiger partial charge in [0.1, 0.15) is 12.4 Å². The summed E-state index contributed by atoms with van der Waals surface area (Å²) >= 11 is 7.76. The van der Waals surface area contributed by atoms with Crippen molar-refractivity contribution in [2.45, 2.75) is 30.7 Å². The van der Waals surface area contributed by atoms with Gasteiger partial charge in [-0.15, -0.1) is 10.2 Å². The molecule has 0 fully saturated rings. The second kappa shape index (κ2) is 12.0. The minimum atomic E-state index is -0.861. The molecule has 0 spiro atoms. The smallest absolute Gasteiger partial charge is 0.247 e. The Morgan fingerprint density at radius 2 is 1.66 bits per heavy atom. The van der Waals surface area contributed by atoms with E-state index >= 15 is 0 Å². The van der Waals surface area contributed by atoms with Crippen LogP contribution in [0.25, 0.3) is 11.3 Å². The molecule has 0 unspecified atom stereocenters. The first-order chi connectivity index (χ1) is 20.1. The third-order valence-electron chi connectivity index (χ3n) is 6.59. The minimum absolute atomic E-state index is 0.200. The van der Waals surface area contributed by atoms with Crippen molar-refractivity contribution in [1.82, 2.24) is 15.2 Å². The highest BCUT2D eigenvalue weighted by Gasteiger charge is 2.36. The number of carbonyl (C=O) groups excluding carboxylic acids is 1. The van der Waals surface area contributed by atoms with Crippen LogP contribution in [-0.4, -0.2) is 21.1 Å². The summed E-state index contributed by atoms with van der Waals surface area (Å²) in [5.74, 6) is 1.24. The predicted octanol–water partition coefficient (Wildman–Crippen LogP) is 7.51. The number of anilines is 1. The van der Waals surface area contributed by atoms with Crippen LogP contribution in [0.1, 0.15) is 29.8 Å². The molecule has 0 N–H and O–H groups in total. The van der Waals surface area contributed by atoms with E-state index in [9.17, 15) is 4.79 Å². The number of rotatable bonds is 7. The lowest BCUT2D eigenvalue weighted by atomic mass is 10.1. The van der Waals surface area contributed by atoms with E-state index in [0.717, 1.165) is 11.1 Å². The predicted molar refractivity (Wildman–Crippen MR) is 160 cm³/mol. The molecule has 0 saturated carbocycles. The molecule has 1 aliphatic heterocycles. The number of nitrogens with zero attached hydrogens (tertiary/aromatic N) is 4. The van der Waals surface area contributed by atoms with Crippen molar-refractivity contribution in [3.8, 4) is 22.9 Å². The number of benzene rings is 4. The Kier molecular flexibility index (Phi) is 7.84. The molecule has 1 amide bonds. The van der Waals surface area contributed by atoms with E-state index in [1.807, 2.05) is 103 Å². The summed E-state index contributed by atoms with van der Waals surface area (Å²) in [7, 11) is 0. The fraction of sp³-hybridized carbons (Fsp3) is 0.125. The third-order valence-corrected chi connectivity index (χ3v) is 7.84. The van der Waals surface area contributed by atoms with Gasteiger partial charge in [0.15, 0.2) is 5.69 Å². The van der Waals surface area contributed by atoms with Gasteiger partial charge < -0.3 is 9.47 Å². The van der Waals surface area contributed by atoms with Crippen molar-refractivity contribution in [3.63, 3.8) is 0 Å². The second-order valence-corrected chi connectivity index (χ2v) is 10.7. The number of fused-ring (bicyclic) bond motifs is 3. The molecule has 1 atom stereocenters. The van der Waals surface area contributed by atoms with Gasteiger partial charge in [0, 0.05) is 23.3 Å². The van der Waals surface area contributed by atoms with E-state index in [1.54, 1.807) is 4.90 Å². The van der Waals surface area contributed by atoms with E-state index in [1.165, 1.54) is 18.7 Å². The lowest BCUT2D eigenvalue weighted by Gasteiger charge is -2.30. The first kappa shape index (κ1) is 26.8. The first-order valence-corrected chi connectivity index (χ1v) is 14.4. The molecule has 6 rings (SSSR count). The molecule has 4 aromatic carbocycles. The molecular formula is C32H25ClN4O3S. The fourth-order valence-corrected chi connectivity index (χ4v) is 5.69. The van der Waals surface area contributed by atoms with Gasteiger partial charge in [0.25, 0.3) is 0 Å². The van der Waals surface area contributed by atoms with Crippen molar-refractivity contribution in [1.29, 1.82) is 0 Å². The Morgan fingerprint density at radius 1 is 0.927 bits per heavy atom. The van der Waals surface area contributed by atoms with Crippen LogP contribution in [0, 0.1) is 0 Å². The number of hydrogen-bond donors (Lipinski definition) is 0. The molecule has 2 heterocycles. The van der Waals surface area contributed by atoms with Crippen molar-refractivity contribution < 1.29 is 14.3 Å². The summed E-state index contributed by atoms with van der Waals surface area (Å²) in [6.07, 6.45) is -0.861. The van der Waals surface area contributed by atoms with Gasteiger partial charge in [-0.2, -0.15) is 4.98 Å². The Hall–Kier alpha value is -4.40. The van der Waals surface area contributed by atoms with Crippen molar-refractivity contribution >= 4 is 35.0 Å². The van der Waals surface area contributed by atoms with Crippen molar-refractivity contribution in [3.05, 3.63) is 125 Å². The molecule has 0 saturated heterocycles. The maximum Gasteiger partial charge on any atom is 0.247 e. The van der Waals surface area contributed by atoms with E-state index < -0.39 is 6.23 Å². The van der Waals surface area contributed by atoms with Gasteiger partial charge in [-0.25, -0.2) is 0 Å². The molecule has 9 heteroatoms. The number of halogens is 1. The maximum atomic E-state index is 13.2. The van der Waals surface area contributed by atoms with E-state index in [-0.39, 0.29) is 11.8 Å². The number of aromatic nitrogens is 3. The lowest BCUT2D eigenvalue weighted by Crippen LogP contribution is -2.36. The Labute approximate surface area is 247 Å². The minimum Gasteiger partial charge on any atom is -0.488 e. The van der Waals surface area contributed by atoms with E-state index in [4.69, 9.17) is 26.1 Å². The van der Waals surface area contributed by atoms with E-state index in [2.05, 4.69) is 10.2 Å². The highest BCUT2D eigenvalue weighted by molar-refractivity contribution is 7.98. The number of thioether (sulfide) groups is 1. The number of hydrogen-bond acceptors (Lipinski definition) is 7. The van der Waals surface area contributed by atoms with Crippen LogP contribution in [0.3, 0.4) is 0 Å². The van der Waals surface area contributed by atoms with E-state index in [0.29, 0.717) is 50.8 Å². The summed E-state index contributed by atoms with van der Waals surface area (Å²) in [4.78, 5) is 19.6. The standard InChI is InChI=1S/C32H25ClN4O3S/c1-21(38)37-27-17-9-6-14-24(27)29-30(34-32(36-35-29)41-20-23-13-5-8-16-26(23)33)40-31(37)25-15-7-10-18-28(25)39-19-22-11-3-2-4-12-22/h2-18,31H,19-20H2,1H3/t31-/m1/s1. The summed E-state index contributed by atoms with van der Waals surface area (Å²) in [5.41, 5.74) is 4.48. The SMILES string of the molecule is CC(=O)N1c2ccccc2-c2nnc(SCc3ccccc3Cl)nc2O[C@@H]1c1ccccc1OCc1ccccc1. The largest absolute Gasteiger partial charge is 0.488 e. The Balaban J connectivity index is 1.40. The van der Waals surface area contributed by atoms with Crippen molar-refractivity contribution in [2.24, 2.45) is 0 Å². The molecular weight excluding hydrogens is 556 g/mol. The molecule has 0 radical (unpaired) electrons. The maximum absolute atomic E-state index is 13.2. The van der Waals surface area contributed by atoms with Gasteiger partial charge in [0.05, 0.1) is 11.3 Å². The zero-order chi connectivity index (χ0) is 28.2. The van der Waals surface area contributed by atoms with Gasteiger partial charge in [-0.1, -0.05) is 102 Å². The topological polar surface area (TPSA) is 77.4 Å². The molecule has 0 aliphatic carbocycles. The monoisotopic (exact) mass is 580 g/mol. The van der Waals surface area contributed by atoms with Gasteiger partial charge in [-0.3, -0.25) is 9.69 Å². The number of carbonyl (C=O) groups is 1. The highest BCUT2D eigenvalue weighted by Crippen LogP contribution is 2.45. The fourth-order valence-electron chi connectivity index (χ4n) is 4.63. The second-order valence-electron chi connectivity index (χ2n) is 9.32. The molecule has 1 aliphatic rings. The number of para-hydroxylation sites is 2. The van der Waals surface area contributed by atoms with Crippen LogP contribution in [0.2, 0.25) is 5.02 Å². The summed E-state index contributed by atoms with van der Waals surface area (Å²) in [6, 6.07) is 32.7. The molecule has 7 nitrogen and oxygen atoms in total. The number of amides is 1. The zero-order valence-electron chi connectivity index (χ0n) is 22.1. The van der Waals surface area contributed by atoms with Crippen LogP contribution in [0.5, 0.6) is 11.6 Å². The zero-order valence-corrected chi connectivity index (χ0v) is 23.7. The van der Waals surface area contributed by atoms with Gasteiger partial charge in [0.2, 0.25) is 23.2 Å². The van der Waals surface area contributed by atoms with Crippen LogP contribution >= 0.6 is 23.4 Å². The molecule has 204 valence electrons. The molecule has 1 aromatic heterocycles. The van der Waals surface area contributed by atoms with Crippen LogP contribution in [0.4, 0.5) is 5.69 Å². The third kappa shape index (κ3) is 5.75. The average Bonchev–Trinajstić information content (AvgIpc) is 3.15. The normalized spacial score (nSPS) is 13.9. The average molecular weight is 581 g/mol. The Morgan fingerprint density at radius 3 is 2.49 bits per heavy atom. The lowest BCUT2D eigenvalue weighted by molar-refractivity contribution is -0.118. The molecule has 0 bridgehead atoms. The quantitative estimate of drug-likeness (QED) is 0.184. The van der Waals surface area contributed by atoms with Crippen LogP contribution in [0.15, 0.2) is 108 Å². The summed E-state index contributed by atoms with van der Waals surface area (Å²) in [5, 5.41) is 10.0. The summed E-state index contributed by atoms with van der Waals surface area (Å²) < 4.78 is 12.8. The number of ether oxygens (including phenoxy) is 2. The molecule has 41 heavy (non-hydrogen) atoms. The highest BCUT2D eigenvalue weighted by atomic mass is 35.5. The van der Waals surface area contributed by atoms with Crippen LogP contribution < -0.4 is 14.4 Å². The Bertz CT molecular complexity index is 1700. The van der Waals surface area contributed by atoms with Crippen LogP contribution in [-0.2, 0) is 17.2 Å². The molecule has 5 aromatic rings. The summed E-state index contributed by atoms with van der Waals surface area (Å²) in [6.45, 7) is 1.88. The van der Waals surface area contributed by atoms with Gasteiger partial charge >= 0.3 is 0 Å². The first-order valence-electron chi connectivity index (χ1n) is 13.0. The van der Waals surface area contributed by atoms with Gasteiger partial charge in [-0.05, 0) is 35.4 Å². The van der Waals surface area contributed by atoms with Crippen molar-refractivity contribution in [2.75, 3.05) is 4.90 Å².